The fourth-order valence-corrected chi connectivity index (χ4v) is 1.80. The van der Waals surface area contributed by atoms with E-state index in [0.717, 1.165) is 5.56 Å². The van der Waals surface area contributed by atoms with Gasteiger partial charge in [-0.2, -0.15) is 0 Å². The molecule has 0 aliphatic heterocycles. The number of aromatic nitrogens is 1. The van der Waals surface area contributed by atoms with Crippen molar-refractivity contribution in [1.82, 2.24) is 10.3 Å². The number of esters is 1. The molecule has 108 valence electrons. The molecule has 0 saturated carbocycles. The number of pyridine rings is 1. The molecule has 1 heterocycles. The van der Waals surface area contributed by atoms with Crippen LogP contribution in [0.4, 0.5) is 0 Å². The van der Waals surface area contributed by atoms with Crippen LogP contribution in [0, 0.1) is 0 Å². The molecule has 0 unspecified atom stereocenters. The Morgan fingerprint density at radius 1 is 1.14 bits per heavy atom. The maximum atomic E-state index is 12.1. The highest BCUT2D eigenvalue weighted by atomic mass is 16.5. The highest BCUT2D eigenvalue weighted by Gasteiger charge is 2.19. The Kier molecular flexibility index (Phi) is 5.04. The molecule has 0 bridgehead atoms. The van der Waals surface area contributed by atoms with E-state index in [-0.39, 0.29) is 23.8 Å². The average molecular weight is 284 g/mol. The highest BCUT2D eigenvalue weighted by molar-refractivity contribution is 6.04. The van der Waals surface area contributed by atoms with Gasteiger partial charge in [-0.1, -0.05) is 30.3 Å². The lowest BCUT2D eigenvalue weighted by Gasteiger charge is -2.08. The smallest absolute Gasteiger partial charge is 0.358 e. The quantitative estimate of drug-likeness (QED) is 0.855. The minimum absolute atomic E-state index is 0.0272. The largest absolute Gasteiger partial charge is 0.456 e. The predicted octanol–water partition coefficient (Wildman–Crippen LogP) is 2.19. The number of nitrogens with one attached hydrogen (secondary N) is 1. The van der Waals surface area contributed by atoms with Crippen molar-refractivity contribution in [3.63, 3.8) is 0 Å². The Balaban J connectivity index is 2.10. The van der Waals surface area contributed by atoms with Crippen LogP contribution in [0.15, 0.2) is 48.7 Å². The van der Waals surface area contributed by atoms with Crippen LogP contribution in [0.1, 0.15) is 33.3 Å². The summed E-state index contributed by atoms with van der Waals surface area (Å²) in [5.41, 5.74) is 1.12. The lowest BCUT2D eigenvalue weighted by molar-refractivity contribution is 0.0462. The second-order valence-electron chi connectivity index (χ2n) is 4.32. The molecule has 5 heteroatoms. The second kappa shape index (κ2) is 7.19. The number of carbonyl (C=O) groups is 2. The Morgan fingerprint density at radius 3 is 2.62 bits per heavy atom. The van der Waals surface area contributed by atoms with E-state index in [4.69, 9.17) is 4.74 Å². The molecule has 1 amide bonds. The minimum atomic E-state index is -0.610. The normalized spacial score (nSPS) is 9.95. The van der Waals surface area contributed by atoms with Crippen LogP contribution in [-0.4, -0.2) is 23.4 Å². The van der Waals surface area contributed by atoms with Gasteiger partial charge in [0.1, 0.15) is 6.61 Å². The van der Waals surface area contributed by atoms with Crippen LogP contribution in [0.2, 0.25) is 0 Å². The van der Waals surface area contributed by atoms with Gasteiger partial charge in [0.2, 0.25) is 0 Å². The third kappa shape index (κ3) is 3.89. The first-order valence-corrected chi connectivity index (χ1v) is 6.66. The van der Waals surface area contributed by atoms with Crippen molar-refractivity contribution in [3.8, 4) is 0 Å². The molecule has 21 heavy (non-hydrogen) atoms. The van der Waals surface area contributed by atoms with E-state index in [1.165, 1.54) is 6.20 Å². The van der Waals surface area contributed by atoms with Gasteiger partial charge >= 0.3 is 5.97 Å². The summed E-state index contributed by atoms with van der Waals surface area (Å²) in [4.78, 5) is 27.9. The molecule has 0 aliphatic rings. The molecule has 2 rings (SSSR count). The van der Waals surface area contributed by atoms with Gasteiger partial charge < -0.3 is 10.1 Å². The van der Waals surface area contributed by atoms with Gasteiger partial charge in [0.05, 0.1) is 5.56 Å². The summed E-state index contributed by atoms with van der Waals surface area (Å²) in [6.45, 7) is 2.43. The Bertz CT molecular complexity index is 626. The SMILES string of the molecule is CCNC(=O)c1cccnc1C(=O)OCc1ccccc1. The van der Waals surface area contributed by atoms with Gasteiger partial charge in [0.15, 0.2) is 5.69 Å². The van der Waals surface area contributed by atoms with Crippen LogP contribution in [-0.2, 0) is 11.3 Å². The maximum Gasteiger partial charge on any atom is 0.358 e. The number of hydrogen-bond acceptors (Lipinski definition) is 4. The molecule has 1 N–H and O–H groups in total. The Morgan fingerprint density at radius 2 is 1.90 bits per heavy atom. The van der Waals surface area contributed by atoms with E-state index < -0.39 is 5.97 Å². The van der Waals surface area contributed by atoms with Gasteiger partial charge in [-0.25, -0.2) is 9.78 Å². The van der Waals surface area contributed by atoms with Gasteiger partial charge in [-0.05, 0) is 24.6 Å². The first-order chi connectivity index (χ1) is 10.2. The summed E-state index contributed by atoms with van der Waals surface area (Å²) in [7, 11) is 0. The van der Waals surface area contributed by atoms with Gasteiger partial charge in [-0.3, -0.25) is 4.79 Å². The fraction of sp³-hybridized carbons (Fsp3) is 0.188. The molecule has 0 saturated heterocycles. The lowest BCUT2D eigenvalue weighted by Crippen LogP contribution is -2.25. The molecule has 0 atom stereocenters. The molecule has 1 aromatic heterocycles. The average Bonchev–Trinajstić information content (AvgIpc) is 2.54. The topological polar surface area (TPSA) is 68.3 Å². The zero-order valence-electron chi connectivity index (χ0n) is 11.7. The van der Waals surface area contributed by atoms with Gasteiger partial charge in [-0.15, -0.1) is 0 Å². The summed E-state index contributed by atoms with van der Waals surface area (Å²) >= 11 is 0. The number of carbonyl (C=O) groups excluding carboxylic acids is 2. The maximum absolute atomic E-state index is 12.1. The molecular weight excluding hydrogens is 268 g/mol. The molecule has 0 fully saturated rings. The summed E-state index contributed by atoms with van der Waals surface area (Å²) in [6, 6.07) is 12.5. The first-order valence-electron chi connectivity index (χ1n) is 6.66. The van der Waals surface area contributed by atoms with Crippen molar-refractivity contribution in [3.05, 3.63) is 65.5 Å². The second-order valence-corrected chi connectivity index (χ2v) is 4.32. The lowest BCUT2D eigenvalue weighted by atomic mass is 10.2. The summed E-state index contributed by atoms with van der Waals surface area (Å²) < 4.78 is 5.20. The molecule has 5 nitrogen and oxygen atoms in total. The van der Waals surface area contributed by atoms with Crippen LogP contribution >= 0.6 is 0 Å². The van der Waals surface area contributed by atoms with Crippen LogP contribution in [0.3, 0.4) is 0 Å². The third-order valence-electron chi connectivity index (χ3n) is 2.80. The van der Waals surface area contributed by atoms with Crippen LogP contribution in [0.5, 0.6) is 0 Å². The van der Waals surface area contributed by atoms with E-state index in [1.807, 2.05) is 37.3 Å². The Labute approximate surface area is 123 Å². The predicted molar refractivity (Wildman–Crippen MR) is 77.8 cm³/mol. The molecule has 0 spiro atoms. The van der Waals surface area contributed by atoms with Crippen molar-refractivity contribution in [2.75, 3.05) is 6.54 Å². The fourth-order valence-electron chi connectivity index (χ4n) is 1.80. The van der Waals surface area contributed by atoms with E-state index in [2.05, 4.69) is 10.3 Å². The molecular formula is C16H16N2O3. The number of nitrogens with zero attached hydrogens (tertiary/aromatic N) is 1. The number of rotatable bonds is 5. The zero-order chi connectivity index (χ0) is 15.1. The van der Waals surface area contributed by atoms with Crippen LogP contribution < -0.4 is 5.32 Å². The van der Waals surface area contributed by atoms with E-state index in [1.54, 1.807) is 12.1 Å². The van der Waals surface area contributed by atoms with Crippen molar-refractivity contribution in [1.29, 1.82) is 0 Å². The number of ether oxygens (including phenoxy) is 1. The molecule has 2 aromatic rings. The summed E-state index contributed by atoms with van der Waals surface area (Å²) in [6.07, 6.45) is 1.46. The molecule has 0 aliphatic carbocycles. The number of benzene rings is 1. The summed E-state index contributed by atoms with van der Waals surface area (Å²) in [5.74, 6) is -0.946. The van der Waals surface area contributed by atoms with Crippen LogP contribution in [0.25, 0.3) is 0 Å². The minimum Gasteiger partial charge on any atom is -0.456 e. The van der Waals surface area contributed by atoms with E-state index >= 15 is 0 Å². The van der Waals surface area contributed by atoms with Crippen molar-refractivity contribution >= 4 is 11.9 Å². The molecule has 1 aromatic carbocycles. The van der Waals surface area contributed by atoms with Crippen molar-refractivity contribution < 1.29 is 14.3 Å². The highest BCUT2D eigenvalue weighted by Crippen LogP contribution is 2.09. The Hall–Kier alpha value is -2.69. The number of amides is 1. The monoisotopic (exact) mass is 284 g/mol. The zero-order valence-corrected chi connectivity index (χ0v) is 11.7. The molecule has 0 radical (unpaired) electrons. The van der Waals surface area contributed by atoms with E-state index in [0.29, 0.717) is 6.54 Å². The van der Waals surface area contributed by atoms with Gasteiger partial charge in [0, 0.05) is 12.7 Å². The van der Waals surface area contributed by atoms with Gasteiger partial charge in [0.25, 0.3) is 5.91 Å². The van der Waals surface area contributed by atoms with Crippen molar-refractivity contribution in [2.45, 2.75) is 13.5 Å². The number of hydrogen-bond donors (Lipinski definition) is 1. The first kappa shape index (κ1) is 14.7. The standard InChI is InChI=1S/C16H16N2O3/c1-2-17-15(19)13-9-6-10-18-14(13)16(20)21-11-12-7-4-3-5-8-12/h3-10H,2,11H2,1H3,(H,17,19). The third-order valence-corrected chi connectivity index (χ3v) is 2.80. The van der Waals surface area contributed by atoms with E-state index in [9.17, 15) is 9.59 Å². The van der Waals surface area contributed by atoms with Crippen molar-refractivity contribution in [2.24, 2.45) is 0 Å². The summed E-state index contributed by atoms with van der Waals surface area (Å²) in [5, 5.41) is 2.64.